The largest absolute Gasteiger partial charge is 0.491 e. The Balaban J connectivity index is 1.48. The van der Waals surface area contributed by atoms with Crippen molar-refractivity contribution in [1.29, 1.82) is 0 Å². The van der Waals surface area contributed by atoms with E-state index in [-0.39, 0.29) is 26.2 Å². The molecule has 7 nitrogen and oxygen atoms in total. The highest BCUT2D eigenvalue weighted by atomic mass is 16.5. The highest BCUT2D eigenvalue weighted by molar-refractivity contribution is 5.78. The van der Waals surface area contributed by atoms with E-state index in [0.717, 1.165) is 17.5 Å². The number of carboxylic acid groups (broad SMARTS) is 1. The van der Waals surface area contributed by atoms with Gasteiger partial charge in [0.1, 0.15) is 30.8 Å². The molecule has 2 aromatic rings. The smallest absolute Gasteiger partial charge is 0.336 e. The van der Waals surface area contributed by atoms with Crippen LogP contribution in [-0.2, 0) is 22.4 Å². The van der Waals surface area contributed by atoms with Crippen molar-refractivity contribution in [3.05, 3.63) is 59.7 Å². The molecule has 7 heteroatoms. The van der Waals surface area contributed by atoms with Crippen LogP contribution in [0, 0.1) is 0 Å². The first-order valence-electron chi connectivity index (χ1n) is 10.1. The van der Waals surface area contributed by atoms with Crippen LogP contribution >= 0.6 is 0 Å². The number of aliphatic hydroxyl groups is 2. The lowest BCUT2D eigenvalue weighted by molar-refractivity contribution is -0.159. The topological polar surface area (TPSA) is 105 Å². The third-order valence-electron chi connectivity index (χ3n) is 5.09. The number of carbonyl (C=O) groups is 1. The van der Waals surface area contributed by atoms with Gasteiger partial charge in [0.25, 0.3) is 0 Å². The van der Waals surface area contributed by atoms with Gasteiger partial charge in [-0.05, 0) is 54.7 Å². The summed E-state index contributed by atoms with van der Waals surface area (Å²) in [5, 5.41) is 28.6. The second-order valence-corrected chi connectivity index (χ2v) is 7.47. The van der Waals surface area contributed by atoms with Gasteiger partial charge in [0.05, 0.1) is 0 Å². The molecule has 2 atom stereocenters. The van der Waals surface area contributed by atoms with Crippen molar-refractivity contribution in [1.82, 2.24) is 0 Å². The summed E-state index contributed by atoms with van der Waals surface area (Å²) in [6, 6.07) is 14.5. The summed E-state index contributed by atoms with van der Waals surface area (Å²) in [5.41, 5.74) is 0.658. The Morgan fingerprint density at radius 1 is 1.07 bits per heavy atom. The van der Waals surface area contributed by atoms with Gasteiger partial charge in [-0.2, -0.15) is 0 Å². The lowest BCUT2D eigenvalue weighted by atomic mass is 9.91. The Morgan fingerprint density at radius 3 is 2.43 bits per heavy atom. The molecular weight excluding hydrogens is 388 g/mol. The molecule has 1 aliphatic heterocycles. The lowest BCUT2D eigenvalue weighted by Crippen LogP contribution is -2.40. The first kappa shape index (κ1) is 22.1. The first-order valence-corrected chi connectivity index (χ1v) is 10.1. The molecular formula is C23H28O7. The minimum Gasteiger partial charge on any atom is -0.491 e. The standard InChI is InChI=1S/C23H28O7/c24-11-9-17-5-7-20(8-6-17)28-15-19(25)16-29-21-4-1-3-18(13-21)14-23(22(26)27)10-2-12-30-23/h1,3-8,13,19,24-25H,2,9-12,14-16H2,(H,26,27)/t19-,23?/m1/s1. The summed E-state index contributed by atoms with van der Waals surface area (Å²) in [7, 11) is 0. The Bertz CT molecular complexity index is 813. The summed E-state index contributed by atoms with van der Waals surface area (Å²) < 4.78 is 16.8. The van der Waals surface area contributed by atoms with Crippen LogP contribution in [0.2, 0.25) is 0 Å². The fraction of sp³-hybridized carbons (Fsp3) is 0.435. The average Bonchev–Trinajstić information content (AvgIpc) is 3.22. The van der Waals surface area contributed by atoms with Crippen LogP contribution < -0.4 is 9.47 Å². The number of carboxylic acids is 1. The first-order chi connectivity index (χ1) is 14.5. The molecule has 0 saturated carbocycles. The zero-order valence-electron chi connectivity index (χ0n) is 16.8. The van der Waals surface area contributed by atoms with Crippen LogP contribution in [0.4, 0.5) is 0 Å². The molecule has 0 bridgehead atoms. The summed E-state index contributed by atoms with van der Waals surface area (Å²) in [6.45, 7) is 0.683. The maximum absolute atomic E-state index is 11.7. The van der Waals surface area contributed by atoms with E-state index in [0.29, 0.717) is 30.9 Å². The molecule has 0 amide bonds. The Hall–Kier alpha value is -2.61. The second kappa shape index (κ2) is 10.4. The zero-order valence-corrected chi connectivity index (χ0v) is 16.8. The van der Waals surface area contributed by atoms with E-state index < -0.39 is 17.7 Å². The zero-order chi connectivity index (χ0) is 21.4. The van der Waals surface area contributed by atoms with Gasteiger partial charge in [-0.1, -0.05) is 24.3 Å². The quantitative estimate of drug-likeness (QED) is 0.516. The molecule has 1 fully saturated rings. The van der Waals surface area contributed by atoms with Crippen LogP contribution in [0.1, 0.15) is 24.0 Å². The summed E-state index contributed by atoms with van der Waals surface area (Å²) in [6.07, 6.45) is 1.27. The number of aliphatic carboxylic acids is 1. The minimum atomic E-state index is -1.17. The van der Waals surface area contributed by atoms with Crippen LogP contribution in [-0.4, -0.2) is 59.4 Å². The summed E-state index contributed by atoms with van der Waals surface area (Å²) >= 11 is 0. The van der Waals surface area contributed by atoms with E-state index in [1.807, 2.05) is 18.2 Å². The van der Waals surface area contributed by atoms with Crippen molar-refractivity contribution < 1.29 is 34.3 Å². The average molecular weight is 416 g/mol. The molecule has 162 valence electrons. The number of ether oxygens (including phenoxy) is 3. The molecule has 2 aromatic carbocycles. The van der Waals surface area contributed by atoms with Crippen LogP contribution in [0.3, 0.4) is 0 Å². The van der Waals surface area contributed by atoms with Crippen molar-refractivity contribution in [2.75, 3.05) is 26.4 Å². The van der Waals surface area contributed by atoms with Crippen molar-refractivity contribution in [2.24, 2.45) is 0 Å². The number of rotatable bonds is 11. The number of hydrogen-bond acceptors (Lipinski definition) is 6. The maximum atomic E-state index is 11.7. The van der Waals surface area contributed by atoms with Gasteiger partial charge in [-0.3, -0.25) is 0 Å². The van der Waals surface area contributed by atoms with Crippen molar-refractivity contribution in [3.8, 4) is 11.5 Å². The fourth-order valence-corrected chi connectivity index (χ4v) is 3.47. The number of aliphatic hydroxyl groups excluding tert-OH is 2. The Morgan fingerprint density at radius 2 is 1.80 bits per heavy atom. The molecule has 30 heavy (non-hydrogen) atoms. The molecule has 0 aromatic heterocycles. The molecule has 3 rings (SSSR count). The van der Waals surface area contributed by atoms with Crippen LogP contribution in [0.25, 0.3) is 0 Å². The van der Waals surface area contributed by atoms with Crippen LogP contribution in [0.15, 0.2) is 48.5 Å². The maximum Gasteiger partial charge on any atom is 0.336 e. The van der Waals surface area contributed by atoms with E-state index in [1.54, 1.807) is 30.3 Å². The minimum absolute atomic E-state index is 0.0482. The summed E-state index contributed by atoms with van der Waals surface area (Å²) in [4.78, 5) is 11.7. The van der Waals surface area contributed by atoms with Gasteiger partial charge in [0.2, 0.25) is 0 Å². The van der Waals surface area contributed by atoms with Gasteiger partial charge in [0.15, 0.2) is 5.60 Å². The SMILES string of the molecule is O=C(O)C1(Cc2cccc(OC[C@H](O)COc3ccc(CCO)cc3)c2)CCCO1. The third-order valence-corrected chi connectivity index (χ3v) is 5.09. The lowest BCUT2D eigenvalue weighted by Gasteiger charge is -2.23. The van der Waals surface area contributed by atoms with E-state index in [9.17, 15) is 15.0 Å². The number of benzene rings is 2. The Kier molecular flexibility index (Phi) is 7.68. The number of hydrogen-bond donors (Lipinski definition) is 3. The molecule has 1 heterocycles. The van der Waals surface area contributed by atoms with Gasteiger partial charge < -0.3 is 29.5 Å². The van der Waals surface area contributed by atoms with Crippen LogP contribution in [0.5, 0.6) is 11.5 Å². The Labute approximate surface area is 175 Å². The molecule has 0 spiro atoms. The highest BCUT2D eigenvalue weighted by Gasteiger charge is 2.42. The van der Waals surface area contributed by atoms with Crippen molar-refractivity contribution in [2.45, 2.75) is 37.4 Å². The van der Waals surface area contributed by atoms with Crippen molar-refractivity contribution in [3.63, 3.8) is 0 Å². The fourth-order valence-electron chi connectivity index (χ4n) is 3.47. The van der Waals surface area contributed by atoms with E-state index >= 15 is 0 Å². The predicted octanol–water partition coefficient (Wildman–Crippen LogP) is 2.22. The van der Waals surface area contributed by atoms with Gasteiger partial charge in [0, 0.05) is 19.6 Å². The van der Waals surface area contributed by atoms with Crippen molar-refractivity contribution >= 4 is 5.97 Å². The van der Waals surface area contributed by atoms with Gasteiger partial charge in [-0.15, -0.1) is 0 Å². The van der Waals surface area contributed by atoms with Gasteiger partial charge >= 0.3 is 5.97 Å². The molecule has 0 aliphatic carbocycles. The van der Waals surface area contributed by atoms with E-state index in [2.05, 4.69) is 0 Å². The second-order valence-electron chi connectivity index (χ2n) is 7.47. The molecule has 1 aliphatic rings. The third kappa shape index (κ3) is 5.95. The monoisotopic (exact) mass is 416 g/mol. The normalized spacial score (nSPS) is 19.4. The summed E-state index contributed by atoms with van der Waals surface area (Å²) in [5.74, 6) is 0.245. The van der Waals surface area contributed by atoms with E-state index in [1.165, 1.54) is 0 Å². The molecule has 3 N–H and O–H groups in total. The molecule has 1 saturated heterocycles. The highest BCUT2D eigenvalue weighted by Crippen LogP contribution is 2.31. The molecule has 0 radical (unpaired) electrons. The predicted molar refractivity (Wildman–Crippen MR) is 110 cm³/mol. The van der Waals surface area contributed by atoms with Gasteiger partial charge in [-0.25, -0.2) is 4.79 Å². The molecule has 1 unspecified atom stereocenters. The van der Waals surface area contributed by atoms with E-state index in [4.69, 9.17) is 19.3 Å².